The van der Waals surface area contributed by atoms with Crippen LogP contribution in [-0.2, 0) is 0 Å². The molecule has 0 radical (unpaired) electrons. The second-order valence-corrected chi connectivity index (χ2v) is 7.09. The molecule has 1 aliphatic carbocycles. The summed E-state index contributed by atoms with van der Waals surface area (Å²) < 4.78 is 0. The van der Waals surface area contributed by atoms with Crippen LogP contribution in [0.15, 0.2) is 12.1 Å². The number of benzene rings is 1. The van der Waals surface area contributed by atoms with Gasteiger partial charge >= 0.3 is 0 Å². The quantitative estimate of drug-likeness (QED) is 0.910. The third-order valence-corrected chi connectivity index (χ3v) is 5.43. The van der Waals surface area contributed by atoms with Gasteiger partial charge in [-0.2, -0.15) is 0 Å². The summed E-state index contributed by atoms with van der Waals surface area (Å²) in [6.45, 7) is 11.6. The molecule has 2 aliphatic rings. The second-order valence-electron chi connectivity index (χ2n) is 7.09. The Kier molecular flexibility index (Phi) is 4.66. The minimum Gasteiger partial charge on any atom is -0.314 e. The first-order valence-corrected chi connectivity index (χ1v) is 8.69. The van der Waals surface area contributed by atoms with Crippen molar-refractivity contribution < 1.29 is 0 Å². The number of hydrogen-bond donors (Lipinski definition) is 1. The zero-order chi connectivity index (χ0) is 14.8. The summed E-state index contributed by atoms with van der Waals surface area (Å²) in [5.74, 6) is 0.864. The first-order valence-electron chi connectivity index (χ1n) is 8.69. The van der Waals surface area contributed by atoms with Crippen LogP contribution in [0.2, 0.25) is 0 Å². The molecule has 3 rings (SSSR count). The zero-order valence-corrected chi connectivity index (χ0v) is 13.9. The van der Waals surface area contributed by atoms with Crippen molar-refractivity contribution in [3.05, 3.63) is 34.4 Å². The first kappa shape index (κ1) is 15.1. The molecule has 1 aromatic rings. The predicted octanol–water partition coefficient (Wildman–Crippen LogP) is 3.75. The van der Waals surface area contributed by atoms with Gasteiger partial charge in [-0.15, -0.1) is 0 Å². The lowest BCUT2D eigenvalue weighted by Gasteiger charge is -2.40. The number of hydrogen-bond acceptors (Lipinski definition) is 2. The van der Waals surface area contributed by atoms with E-state index in [1.54, 1.807) is 5.56 Å². The van der Waals surface area contributed by atoms with Gasteiger partial charge in [0.15, 0.2) is 0 Å². The van der Waals surface area contributed by atoms with Crippen LogP contribution < -0.4 is 5.32 Å². The highest BCUT2D eigenvalue weighted by molar-refractivity contribution is 5.40. The van der Waals surface area contributed by atoms with Crippen molar-refractivity contribution in [1.82, 2.24) is 10.2 Å². The smallest absolute Gasteiger partial charge is 0.0382 e. The summed E-state index contributed by atoms with van der Waals surface area (Å²) in [5.41, 5.74) is 6.04. The predicted molar refractivity (Wildman–Crippen MR) is 89.8 cm³/mol. The highest BCUT2D eigenvalue weighted by Gasteiger charge is 2.33. The Morgan fingerprint density at radius 2 is 1.57 bits per heavy atom. The second kappa shape index (κ2) is 6.50. The average Bonchev–Trinajstić information content (AvgIpc) is 2.97. The lowest BCUT2D eigenvalue weighted by Crippen LogP contribution is -2.47. The number of rotatable bonds is 3. The molecule has 116 valence electrons. The number of piperazine rings is 1. The largest absolute Gasteiger partial charge is 0.314 e. The van der Waals surface area contributed by atoms with Gasteiger partial charge in [-0.05, 0) is 56.2 Å². The molecular formula is C19H30N2. The molecule has 1 aliphatic heterocycles. The third kappa shape index (κ3) is 3.17. The van der Waals surface area contributed by atoms with E-state index in [2.05, 4.69) is 43.1 Å². The van der Waals surface area contributed by atoms with Crippen LogP contribution in [0.5, 0.6) is 0 Å². The van der Waals surface area contributed by atoms with Crippen molar-refractivity contribution in [1.29, 1.82) is 0 Å². The van der Waals surface area contributed by atoms with Gasteiger partial charge in [-0.3, -0.25) is 4.90 Å². The van der Waals surface area contributed by atoms with Crippen molar-refractivity contribution in [2.45, 2.75) is 52.5 Å². The summed E-state index contributed by atoms with van der Waals surface area (Å²) in [4.78, 5) is 2.76. The molecule has 0 unspecified atom stereocenters. The minimum atomic E-state index is 0.648. The third-order valence-electron chi connectivity index (χ3n) is 5.43. The summed E-state index contributed by atoms with van der Waals surface area (Å²) in [5, 5.41) is 3.51. The normalized spacial score (nSPS) is 22.6. The minimum absolute atomic E-state index is 0.648. The molecule has 0 bridgehead atoms. The van der Waals surface area contributed by atoms with Crippen LogP contribution >= 0.6 is 0 Å². The van der Waals surface area contributed by atoms with Gasteiger partial charge in [-0.1, -0.05) is 30.5 Å². The maximum atomic E-state index is 3.51. The summed E-state index contributed by atoms with van der Waals surface area (Å²) in [6.07, 6.45) is 5.69. The molecule has 2 nitrogen and oxygen atoms in total. The topological polar surface area (TPSA) is 15.3 Å². The molecule has 1 N–H and O–H groups in total. The molecule has 1 saturated carbocycles. The van der Waals surface area contributed by atoms with E-state index in [1.165, 1.54) is 55.5 Å². The maximum Gasteiger partial charge on any atom is 0.0382 e. The summed E-state index contributed by atoms with van der Waals surface area (Å²) in [7, 11) is 0. The van der Waals surface area contributed by atoms with Crippen LogP contribution in [0, 0.1) is 26.7 Å². The van der Waals surface area contributed by atoms with E-state index in [1.807, 2.05) is 0 Å². The van der Waals surface area contributed by atoms with Crippen molar-refractivity contribution in [2.24, 2.45) is 5.92 Å². The van der Waals surface area contributed by atoms with E-state index >= 15 is 0 Å². The van der Waals surface area contributed by atoms with Gasteiger partial charge in [0.2, 0.25) is 0 Å². The monoisotopic (exact) mass is 286 g/mol. The Morgan fingerprint density at radius 1 is 1.00 bits per heavy atom. The van der Waals surface area contributed by atoms with Crippen LogP contribution in [0.3, 0.4) is 0 Å². The van der Waals surface area contributed by atoms with Crippen molar-refractivity contribution in [3.63, 3.8) is 0 Å². The van der Waals surface area contributed by atoms with Gasteiger partial charge in [0.25, 0.3) is 0 Å². The molecule has 1 heterocycles. The molecular weight excluding hydrogens is 256 g/mol. The van der Waals surface area contributed by atoms with Gasteiger partial charge < -0.3 is 5.32 Å². The van der Waals surface area contributed by atoms with E-state index < -0.39 is 0 Å². The van der Waals surface area contributed by atoms with Crippen molar-refractivity contribution in [2.75, 3.05) is 26.2 Å². The number of nitrogens with zero attached hydrogens (tertiary/aromatic N) is 1. The highest BCUT2D eigenvalue weighted by atomic mass is 15.2. The Labute approximate surface area is 129 Å². The molecule has 0 amide bonds. The molecule has 1 atom stereocenters. The van der Waals surface area contributed by atoms with Crippen LogP contribution in [-0.4, -0.2) is 31.1 Å². The molecule has 2 fully saturated rings. The molecule has 0 spiro atoms. The summed E-state index contributed by atoms with van der Waals surface area (Å²) in [6, 6.07) is 5.41. The Bertz CT molecular complexity index is 459. The fourth-order valence-electron chi connectivity index (χ4n) is 4.61. The van der Waals surface area contributed by atoms with Crippen LogP contribution in [0.25, 0.3) is 0 Å². The zero-order valence-electron chi connectivity index (χ0n) is 13.9. The van der Waals surface area contributed by atoms with E-state index in [-0.39, 0.29) is 0 Å². The summed E-state index contributed by atoms with van der Waals surface area (Å²) >= 11 is 0. The standard InChI is InChI=1S/C19H30N2/c1-14-12-15(2)18(16(3)13-14)19(17-6-4-5-7-17)21-10-8-20-9-11-21/h12-13,17,19-20H,4-11H2,1-3H3/t19-/m0/s1. The highest BCUT2D eigenvalue weighted by Crippen LogP contribution is 2.42. The Morgan fingerprint density at radius 3 is 2.14 bits per heavy atom. The Hall–Kier alpha value is -0.860. The van der Waals surface area contributed by atoms with E-state index in [9.17, 15) is 0 Å². The van der Waals surface area contributed by atoms with Gasteiger partial charge in [-0.25, -0.2) is 0 Å². The Balaban J connectivity index is 1.97. The van der Waals surface area contributed by atoms with E-state index in [4.69, 9.17) is 0 Å². The van der Waals surface area contributed by atoms with Crippen molar-refractivity contribution in [3.8, 4) is 0 Å². The van der Waals surface area contributed by atoms with E-state index in [0.29, 0.717) is 6.04 Å². The molecule has 1 aromatic carbocycles. The molecule has 0 aromatic heterocycles. The van der Waals surface area contributed by atoms with Crippen LogP contribution in [0.4, 0.5) is 0 Å². The van der Waals surface area contributed by atoms with Crippen LogP contribution in [0.1, 0.15) is 54.0 Å². The number of aryl methyl sites for hydroxylation is 3. The maximum absolute atomic E-state index is 3.51. The van der Waals surface area contributed by atoms with Crippen molar-refractivity contribution >= 4 is 0 Å². The fourth-order valence-corrected chi connectivity index (χ4v) is 4.61. The molecule has 2 heteroatoms. The lowest BCUT2D eigenvalue weighted by molar-refractivity contribution is 0.124. The number of nitrogens with one attached hydrogen (secondary N) is 1. The first-order chi connectivity index (χ1) is 10.2. The lowest BCUT2D eigenvalue weighted by atomic mass is 9.84. The van der Waals surface area contributed by atoms with Gasteiger partial charge in [0.05, 0.1) is 0 Å². The molecule has 21 heavy (non-hydrogen) atoms. The average molecular weight is 286 g/mol. The van der Waals surface area contributed by atoms with Gasteiger partial charge in [0.1, 0.15) is 0 Å². The fraction of sp³-hybridized carbons (Fsp3) is 0.684. The van der Waals surface area contributed by atoms with Gasteiger partial charge in [0, 0.05) is 32.2 Å². The molecule has 1 saturated heterocycles. The van der Waals surface area contributed by atoms with E-state index in [0.717, 1.165) is 19.0 Å². The SMILES string of the molecule is Cc1cc(C)c([C@H](C2CCCC2)N2CCNCC2)c(C)c1.